The number of imidazole rings is 1. The van der Waals surface area contributed by atoms with Crippen molar-refractivity contribution in [3.63, 3.8) is 0 Å². The van der Waals surface area contributed by atoms with Gasteiger partial charge in [-0.1, -0.05) is 0 Å². The van der Waals surface area contributed by atoms with Crippen LogP contribution in [0.15, 0.2) is 23.5 Å². The van der Waals surface area contributed by atoms with E-state index < -0.39 is 0 Å². The minimum atomic E-state index is -0.174. The molecule has 1 atom stereocenters. The van der Waals surface area contributed by atoms with Gasteiger partial charge in [0.15, 0.2) is 0 Å². The number of thioether (sulfide) groups is 1. The Kier molecular flexibility index (Phi) is 5.78. The molecule has 154 valence electrons. The number of rotatable bonds is 5. The van der Waals surface area contributed by atoms with Crippen LogP contribution < -0.4 is 5.56 Å². The Bertz CT molecular complexity index is 1060. The highest BCUT2D eigenvalue weighted by molar-refractivity contribution is 7.99. The molecule has 1 fully saturated rings. The Labute approximate surface area is 177 Å². The lowest BCUT2D eigenvalue weighted by Crippen LogP contribution is -2.42. The van der Waals surface area contributed by atoms with Crippen LogP contribution in [0.3, 0.4) is 0 Å². The first-order valence-corrected chi connectivity index (χ1v) is 11.7. The van der Waals surface area contributed by atoms with Gasteiger partial charge in [0.05, 0.1) is 22.7 Å². The molecule has 0 bridgehead atoms. The van der Waals surface area contributed by atoms with Crippen LogP contribution in [-0.2, 0) is 10.5 Å². The molecule has 1 unspecified atom stereocenters. The minimum Gasteiger partial charge on any atom is -0.342 e. The molecule has 0 spiro atoms. The van der Waals surface area contributed by atoms with E-state index in [1.54, 1.807) is 17.5 Å². The van der Waals surface area contributed by atoms with Crippen molar-refractivity contribution >= 4 is 39.2 Å². The first-order valence-electron chi connectivity index (χ1n) is 9.80. The van der Waals surface area contributed by atoms with Crippen molar-refractivity contribution in [3.05, 3.63) is 45.3 Å². The van der Waals surface area contributed by atoms with E-state index in [-0.39, 0.29) is 16.7 Å². The van der Waals surface area contributed by atoms with E-state index in [1.807, 2.05) is 38.2 Å². The number of amides is 1. The third kappa shape index (κ3) is 4.11. The van der Waals surface area contributed by atoms with E-state index in [0.717, 1.165) is 41.2 Å². The average Bonchev–Trinajstić information content (AvgIpc) is 3.34. The van der Waals surface area contributed by atoms with Crippen molar-refractivity contribution in [3.8, 4) is 0 Å². The topological polar surface area (TPSA) is 83.9 Å². The molecular formula is C20H25N5O2S2. The summed E-state index contributed by atoms with van der Waals surface area (Å²) < 4.78 is 2.13. The van der Waals surface area contributed by atoms with Crippen LogP contribution in [0.4, 0.5) is 0 Å². The van der Waals surface area contributed by atoms with Crippen LogP contribution in [0.25, 0.3) is 10.2 Å². The molecule has 1 N–H and O–H groups in total. The van der Waals surface area contributed by atoms with Gasteiger partial charge in [-0.15, -0.1) is 23.1 Å². The molecule has 9 heteroatoms. The molecule has 1 saturated heterocycles. The summed E-state index contributed by atoms with van der Waals surface area (Å²) in [5.41, 5.74) is 0.911. The molecule has 4 heterocycles. The zero-order valence-corrected chi connectivity index (χ0v) is 18.5. The number of carbonyl (C=O) groups excluding carboxylic acids is 1. The summed E-state index contributed by atoms with van der Waals surface area (Å²) in [5.74, 6) is 1.30. The molecule has 1 aliphatic rings. The zero-order valence-electron chi connectivity index (χ0n) is 16.8. The van der Waals surface area contributed by atoms with Gasteiger partial charge in [0.25, 0.3) is 5.56 Å². The first kappa shape index (κ1) is 20.2. The molecule has 1 amide bonds. The number of nitrogens with one attached hydrogen (secondary N) is 1. The molecule has 0 aromatic carbocycles. The van der Waals surface area contributed by atoms with E-state index in [0.29, 0.717) is 23.0 Å². The molecule has 7 nitrogen and oxygen atoms in total. The third-order valence-corrected chi connectivity index (χ3v) is 7.87. The molecule has 4 rings (SSSR count). The van der Waals surface area contributed by atoms with E-state index in [9.17, 15) is 9.59 Å². The fourth-order valence-corrected chi connectivity index (χ4v) is 5.65. The van der Waals surface area contributed by atoms with Crippen LogP contribution in [-0.4, -0.2) is 48.7 Å². The minimum absolute atomic E-state index is 0.0898. The van der Waals surface area contributed by atoms with Gasteiger partial charge in [0, 0.05) is 36.4 Å². The number of hydrogen-bond acceptors (Lipinski definition) is 6. The lowest BCUT2D eigenvalue weighted by Gasteiger charge is -2.34. The molecule has 29 heavy (non-hydrogen) atoms. The van der Waals surface area contributed by atoms with Gasteiger partial charge in [-0.05, 0) is 39.2 Å². The Balaban J connectivity index is 1.35. The van der Waals surface area contributed by atoms with Crippen molar-refractivity contribution in [1.29, 1.82) is 0 Å². The van der Waals surface area contributed by atoms with Gasteiger partial charge in [-0.3, -0.25) is 9.59 Å². The molecule has 1 aliphatic heterocycles. The number of carbonyl (C=O) groups is 1. The number of fused-ring (bicyclic) bond motifs is 1. The Morgan fingerprint density at radius 2 is 2.14 bits per heavy atom. The van der Waals surface area contributed by atoms with Crippen molar-refractivity contribution in [2.45, 2.75) is 50.7 Å². The van der Waals surface area contributed by atoms with Crippen molar-refractivity contribution in [2.24, 2.45) is 0 Å². The maximum absolute atomic E-state index is 12.8. The quantitative estimate of drug-likeness (QED) is 0.670. The Hall–Kier alpha value is -2.13. The maximum atomic E-state index is 12.8. The first-order chi connectivity index (χ1) is 13.9. The Morgan fingerprint density at radius 1 is 1.38 bits per heavy atom. The number of hydrogen-bond donors (Lipinski definition) is 1. The number of aryl methyl sites for hydroxylation is 2. The molecular weight excluding hydrogens is 406 g/mol. The highest BCUT2D eigenvalue weighted by atomic mass is 32.2. The molecule has 0 saturated carbocycles. The number of H-pyrrole nitrogens is 1. The predicted octanol–water partition coefficient (Wildman–Crippen LogP) is 3.28. The van der Waals surface area contributed by atoms with Gasteiger partial charge >= 0.3 is 0 Å². The van der Waals surface area contributed by atoms with E-state index >= 15 is 0 Å². The average molecular weight is 432 g/mol. The van der Waals surface area contributed by atoms with Gasteiger partial charge in [-0.2, -0.15) is 0 Å². The van der Waals surface area contributed by atoms with Crippen LogP contribution in [0.1, 0.15) is 42.1 Å². The van der Waals surface area contributed by atoms with Crippen molar-refractivity contribution < 1.29 is 4.79 Å². The standard InChI is InChI=1S/C20H25N5O2S2/c1-12-13(2)29-19-17(12)18(26)22-16(23-19)10-28-14(3)20(27)24-7-4-15(5-8-24)25-9-6-21-11-25/h6,9,11,14-15H,4-5,7-8,10H2,1-3H3,(H,22,23,26). The third-order valence-electron chi connectivity index (χ3n) is 5.63. The summed E-state index contributed by atoms with van der Waals surface area (Å²) in [7, 11) is 0. The lowest BCUT2D eigenvalue weighted by molar-refractivity contribution is -0.131. The monoisotopic (exact) mass is 431 g/mol. The number of aromatic amines is 1. The van der Waals surface area contributed by atoms with Crippen molar-refractivity contribution in [1.82, 2.24) is 24.4 Å². The largest absolute Gasteiger partial charge is 0.342 e. The van der Waals surface area contributed by atoms with Gasteiger partial charge in [0.2, 0.25) is 5.91 Å². The van der Waals surface area contributed by atoms with Crippen molar-refractivity contribution in [2.75, 3.05) is 13.1 Å². The fraction of sp³-hybridized carbons (Fsp3) is 0.500. The summed E-state index contributed by atoms with van der Waals surface area (Å²) in [4.78, 5) is 40.7. The van der Waals surface area contributed by atoms with Gasteiger partial charge in [0.1, 0.15) is 10.7 Å². The van der Waals surface area contributed by atoms with E-state index in [1.165, 1.54) is 11.8 Å². The second-order valence-electron chi connectivity index (χ2n) is 7.50. The summed E-state index contributed by atoms with van der Waals surface area (Å²) >= 11 is 3.07. The number of piperidine rings is 1. The summed E-state index contributed by atoms with van der Waals surface area (Å²) in [6.07, 6.45) is 7.53. The highest BCUT2D eigenvalue weighted by Gasteiger charge is 2.27. The summed E-state index contributed by atoms with van der Waals surface area (Å²) in [6.45, 7) is 7.43. The van der Waals surface area contributed by atoms with Crippen LogP contribution >= 0.6 is 23.1 Å². The summed E-state index contributed by atoms with van der Waals surface area (Å²) in [5, 5.41) is 0.513. The van der Waals surface area contributed by atoms with Gasteiger partial charge in [-0.25, -0.2) is 9.97 Å². The molecule has 3 aromatic heterocycles. The maximum Gasteiger partial charge on any atom is 0.259 e. The van der Waals surface area contributed by atoms with Gasteiger partial charge < -0.3 is 14.5 Å². The van der Waals surface area contributed by atoms with Crippen LogP contribution in [0, 0.1) is 13.8 Å². The van der Waals surface area contributed by atoms with E-state index in [4.69, 9.17) is 0 Å². The summed E-state index contributed by atoms with van der Waals surface area (Å²) in [6, 6.07) is 0.420. The highest BCUT2D eigenvalue weighted by Crippen LogP contribution is 2.27. The smallest absolute Gasteiger partial charge is 0.259 e. The SMILES string of the molecule is Cc1sc2nc(CSC(C)C(=O)N3CCC(n4ccnc4)CC3)[nH]c(=O)c2c1C. The molecule has 0 radical (unpaired) electrons. The molecule has 0 aliphatic carbocycles. The predicted molar refractivity (Wildman–Crippen MR) is 118 cm³/mol. The fourth-order valence-electron chi connectivity index (χ4n) is 3.77. The molecule has 3 aromatic rings. The van der Waals surface area contributed by atoms with E-state index in [2.05, 4.69) is 19.5 Å². The van der Waals surface area contributed by atoms with Crippen LogP contribution in [0.5, 0.6) is 0 Å². The number of aromatic nitrogens is 4. The number of nitrogens with zero attached hydrogens (tertiary/aromatic N) is 4. The zero-order chi connectivity index (χ0) is 20.5. The normalized spacial score (nSPS) is 16.4. The number of thiophene rings is 1. The lowest BCUT2D eigenvalue weighted by atomic mass is 10.0. The second-order valence-corrected chi connectivity index (χ2v) is 10.0. The number of likely N-dealkylation sites (tertiary alicyclic amines) is 1. The second kappa shape index (κ2) is 8.31. The Morgan fingerprint density at radius 3 is 2.83 bits per heavy atom. The van der Waals surface area contributed by atoms with Crippen LogP contribution in [0.2, 0.25) is 0 Å².